The zero-order valence-electron chi connectivity index (χ0n) is 7.66. The highest BCUT2D eigenvalue weighted by molar-refractivity contribution is 7.99. The van der Waals surface area contributed by atoms with Crippen LogP contribution in [0.4, 0.5) is 0 Å². The lowest BCUT2D eigenvalue weighted by atomic mass is 10.0. The molecule has 1 aromatic carbocycles. The Morgan fingerprint density at radius 3 is 2.50 bits per heavy atom. The number of hydrogen-bond donors (Lipinski definition) is 1. The first-order valence-corrected chi connectivity index (χ1v) is 5.13. The number of benzene rings is 1. The summed E-state index contributed by atoms with van der Waals surface area (Å²) in [4.78, 5) is 0. The molecule has 0 aliphatic heterocycles. The van der Waals surface area contributed by atoms with Crippen molar-refractivity contribution in [2.45, 2.75) is 18.6 Å². The summed E-state index contributed by atoms with van der Waals surface area (Å²) in [6.07, 6.45) is 2.07. The van der Waals surface area contributed by atoms with Crippen LogP contribution in [0, 0.1) is 0 Å². The van der Waals surface area contributed by atoms with E-state index in [2.05, 4.69) is 20.1 Å². The van der Waals surface area contributed by atoms with Crippen molar-refractivity contribution in [3.8, 4) is 5.75 Å². The molecule has 0 aliphatic rings. The Bertz CT molecular complexity index is 268. The molecule has 0 saturated carbocycles. The summed E-state index contributed by atoms with van der Waals surface area (Å²) in [6.45, 7) is 4.29. The molecule has 1 aromatic rings. The van der Waals surface area contributed by atoms with E-state index in [0.29, 0.717) is 5.75 Å². The number of hydrogen-bond acceptors (Lipinski definition) is 2. The number of aromatic hydroxyl groups is 1. The molecule has 0 heterocycles. The van der Waals surface area contributed by atoms with E-state index in [0.717, 1.165) is 5.56 Å². The molecular formula is C10H14OS. The molecule has 0 spiro atoms. The zero-order chi connectivity index (χ0) is 9.19. The molecule has 2 heteroatoms. The lowest BCUT2D eigenvalue weighted by molar-refractivity contribution is 0.473. The molecule has 1 rings (SSSR count). The van der Waals surface area contributed by atoms with E-state index in [1.54, 1.807) is 17.8 Å². The summed E-state index contributed by atoms with van der Waals surface area (Å²) in [7, 11) is 0. The summed E-state index contributed by atoms with van der Waals surface area (Å²) < 4.78 is 0.0821. The third-order valence-corrected chi connectivity index (χ3v) is 3.31. The van der Waals surface area contributed by atoms with Crippen molar-refractivity contribution >= 4 is 11.8 Å². The van der Waals surface area contributed by atoms with Crippen molar-refractivity contribution in [1.29, 1.82) is 0 Å². The van der Waals surface area contributed by atoms with Gasteiger partial charge in [-0.1, -0.05) is 12.1 Å². The van der Waals surface area contributed by atoms with Gasteiger partial charge < -0.3 is 5.11 Å². The molecule has 0 bridgehead atoms. The maximum absolute atomic E-state index is 9.26. The van der Waals surface area contributed by atoms with Crippen LogP contribution in [-0.4, -0.2) is 11.4 Å². The van der Waals surface area contributed by atoms with Crippen molar-refractivity contribution in [1.82, 2.24) is 0 Å². The maximum Gasteiger partial charge on any atom is 0.115 e. The van der Waals surface area contributed by atoms with E-state index in [-0.39, 0.29) is 4.75 Å². The van der Waals surface area contributed by atoms with Gasteiger partial charge in [0.2, 0.25) is 0 Å². The van der Waals surface area contributed by atoms with Gasteiger partial charge in [0.15, 0.2) is 0 Å². The summed E-state index contributed by atoms with van der Waals surface area (Å²) in [6, 6.07) is 7.43. The smallest absolute Gasteiger partial charge is 0.115 e. The minimum absolute atomic E-state index is 0.0821. The van der Waals surface area contributed by atoms with Gasteiger partial charge in [0.1, 0.15) is 5.75 Å². The highest BCUT2D eigenvalue weighted by Crippen LogP contribution is 2.34. The van der Waals surface area contributed by atoms with Crippen LogP contribution in [0.1, 0.15) is 19.4 Å². The van der Waals surface area contributed by atoms with E-state index in [4.69, 9.17) is 0 Å². The first-order chi connectivity index (χ1) is 5.56. The van der Waals surface area contributed by atoms with Crippen LogP contribution in [0.3, 0.4) is 0 Å². The van der Waals surface area contributed by atoms with E-state index in [1.165, 1.54) is 0 Å². The molecule has 0 aromatic heterocycles. The van der Waals surface area contributed by atoms with Gasteiger partial charge in [0.05, 0.1) is 0 Å². The Morgan fingerprint density at radius 1 is 1.33 bits per heavy atom. The van der Waals surface area contributed by atoms with Crippen molar-refractivity contribution in [3.63, 3.8) is 0 Å². The Morgan fingerprint density at radius 2 is 2.00 bits per heavy atom. The second-order valence-electron chi connectivity index (χ2n) is 3.26. The van der Waals surface area contributed by atoms with E-state index >= 15 is 0 Å². The predicted octanol–water partition coefficient (Wildman–Crippen LogP) is 2.99. The Labute approximate surface area is 77.8 Å². The molecule has 0 fully saturated rings. The van der Waals surface area contributed by atoms with Crippen molar-refractivity contribution in [3.05, 3.63) is 29.8 Å². The fourth-order valence-corrected chi connectivity index (χ4v) is 1.36. The van der Waals surface area contributed by atoms with Crippen molar-refractivity contribution < 1.29 is 5.11 Å². The van der Waals surface area contributed by atoms with Gasteiger partial charge in [0, 0.05) is 4.75 Å². The second kappa shape index (κ2) is 3.40. The molecule has 0 atom stereocenters. The van der Waals surface area contributed by atoms with Gasteiger partial charge in [-0.3, -0.25) is 0 Å². The molecule has 0 unspecified atom stereocenters. The number of phenolic OH excluding ortho intramolecular Hbond substituents is 1. The molecule has 0 aliphatic carbocycles. The van der Waals surface area contributed by atoms with Crippen LogP contribution in [-0.2, 0) is 4.75 Å². The Hall–Kier alpha value is -0.630. The first-order valence-electron chi connectivity index (χ1n) is 3.91. The summed E-state index contributed by atoms with van der Waals surface area (Å²) in [5, 5.41) is 9.26. The fraction of sp³-hybridized carbons (Fsp3) is 0.400. The third-order valence-electron chi connectivity index (χ3n) is 2.05. The maximum atomic E-state index is 9.26. The normalized spacial score (nSPS) is 11.6. The monoisotopic (exact) mass is 182 g/mol. The molecule has 12 heavy (non-hydrogen) atoms. The number of phenols is 1. The highest BCUT2D eigenvalue weighted by Gasteiger charge is 2.18. The quantitative estimate of drug-likeness (QED) is 0.758. The average Bonchev–Trinajstić information content (AvgIpc) is 2.05. The molecule has 1 N–H and O–H groups in total. The highest BCUT2D eigenvalue weighted by atomic mass is 32.2. The van der Waals surface area contributed by atoms with Gasteiger partial charge in [-0.25, -0.2) is 0 Å². The number of thioether (sulfide) groups is 1. The Balaban J connectivity index is 3.03. The zero-order valence-corrected chi connectivity index (χ0v) is 8.48. The van der Waals surface area contributed by atoms with Gasteiger partial charge in [-0.15, -0.1) is 0 Å². The lowest BCUT2D eigenvalue weighted by Gasteiger charge is -2.22. The summed E-state index contributed by atoms with van der Waals surface area (Å²) in [5.41, 5.74) is 1.16. The van der Waals surface area contributed by atoms with Crippen molar-refractivity contribution in [2.75, 3.05) is 6.26 Å². The summed E-state index contributed by atoms with van der Waals surface area (Å²) >= 11 is 1.78. The lowest BCUT2D eigenvalue weighted by Crippen LogP contribution is -2.10. The average molecular weight is 182 g/mol. The minimum atomic E-state index is 0.0821. The van der Waals surface area contributed by atoms with Gasteiger partial charge in [0.25, 0.3) is 0 Å². The van der Waals surface area contributed by atoms with Crippen LogP contribution in [0.2, 0.25) is 0 Å². The first kappa shape index (κ1) is 9.46. The van der Waals surface area contributed by atoms with E-state index < -0.39 is 0 Å². The second-order valence-corrected chi connectivity index (χ2v) is 4.69. The minimum Gasteiger partial charge on any atom is -0.508 e. The standard InChI is InChI=1S/C10H14OS/c1-10(2,12-3)8-5-4-6-9(11)7-8/h4-7,11H,1-3H3. The molecule has 1 nitrogen and oxygen atoms in total. The fourth-order valence-electron chi connectivity index (χ4n) is 0.998. The molecule has 0 saturated heterocycles. The SMILES string of the molecule is CSC(C)(C)c1cccc(O)c1. The predicted molar refractivity (Wildman–Crippen MR) is 54.6 cm³/mol. The van der Waals surface area contributed by atoms with Crippen LogP contribution in [0.25, 0.3) is 0 Å². The van der Waals surface area contributed by atoms with Gasteiger partial charge >= 0.3 is 0 Å². The topological polar surface area (TPSA) is 20.2 Å². The van der Waals surface area contributed by atoms with Crippen LogP contribution >= 0.6 is 11.8 Å². The molecule has 0 amide bonds. The van der Waals surface area contributed by atoms with Crippen LogP contribution in [0.5, 0.6) is 5.75 Å². The third kappa shape index (κ3) is 1.95. The van der Waals surface area contributed by atoms with Crippen LogP contribution in [0.15, 0.2) is 24.3 Å². The number of rotatable bonds is 2. The molecule has 66 valence electrons. The van der Waals surface area contributed by atoms with Crippen LogP contribution < -0.4 is 0 Å². The van der Waals surface area contributed by atoms with Gasteiger partial charge in [-0.2, -0.15) is 11.8 Å². The molecule has 0 radical (unpaired) electrons. The summed E-state index contributed by atoms with van der Waals surface area (Å²) in [5.74, 6) is 0.342. The van der Waals surface area contributed by atoms with Gasteiger partial charge in [-0.05, 0) is 37.8 Å². The van der Waals surface area contributed by atoms with E-state index in [9.17, 15) is 5.11 Å². The largest absolute Gasteiger partial charge is 0.508 e. The Kier molecular flexibility index (Phi) is 2.68. The molecular weight excluding hydrogens is 168 g/mol. The van der Waals surface area contributed by atoms with E-state index in [1.807, 2.05) is 18.2 Å². The van der Waals surface area contributed by atoms with Crippen molar-refractivity contribution in [2.24, 2.45) is 0 Å².